The van der Waals surface area contributed by atoms with Crippen LogP contribution in [0, 0.1) is 6.92 Å². The molecular weight excluding hydrogens is 172 g/mol. The van der Waals surface area contributed by atoms with Gasteiger partial charge in [-0.2, -0.15) is 0 Å². The van der Waals surface area contributed by atoms with Crippen molar-refractivity contribution in [2.45, 2.75) is 13.3 Å². The molecule has 72 valence electrons. The molecule has 1 aliphatic rings. The number of hydrogen-bond donors (Lipinski definition) is 0. The van der Waals surface area contributed by atoms with Gasteiger partial charge in [0.25, 0.3) is 0 Å². The normalized spacial score (nSPS) is 15.6. The van der Waals surface area contributed by atoms with Crippen LogP contribution in [0.15, 0.2) is 42.2 Å². The van der Waals surface area contributed by atoms with Gasteiger partial charge in [0.2, 0.25) is 0 Å². The van der Waals surface area contributed by atoms with Crippen LogP contribution in [0.5, 0.6) is 0 Å². The highest BCUT2D eigenvalue weighted by molar-refractivity contribution is 5.53. The molecule has 0 aliphatic carbocycles. The predicted molar refractivity (Wildman–Crippen MR) is 58.9 cm³/mol. The van der Waals surface area contributed by atoms with Gasteiger partial charge in [0.1, 0.15) is 5.76 Å². The second-order valence-corrected chi connectivity index (χ2v) is 3.49. The Kier molecular flexibility index (Phi) is 2.68. The molecule has 0 radical (unpaired) electrons. The number of hydrogen-bond acceptors (Lipinski definition) is 1. The molecule has 0 N–H and O–H groups in total. The second kappa shape index (κ2) is 4.14. The molecule has 0 saturated heterocycles. The predicted octanol–water partition coefficient (Wildman–Crippen LogP) is 3.31. The van der Waals surface area contributed by atoms with Crippen molar-refractivity contribution in [2.24, 2.45) is 0 Å². The van der Waals surface area contributed by atoms with E-state index in [0.29, 0.717) is 0 Å². The molecule has 0 atom stereocenters. The van der Waals surface area contributed by atoms with E-state index in [1.165, 1.54) is 11.1 Å². The lowest BCUT2D eigenvalue weighted by Crippen LogP contribution is -1.80. The summed E-state index contributed by atoms with van der Waals surface area (Å²) in [6.07, 6.45) is 7.27. The summed E-state index contributed by atoms with van der Waals surface area (Å²) in [4.78, 5) is 0. The van der Waals surface area contributed by atoms with E-state index in [-0.39, 0.29) is 0 Å². The van der Waals surface area contributed by atoms with Crippen LogP contribution < -0.4 is 0 Å². The SMILES string of the molecule is Cc1cccc(C=CC2=CCCO2)c1. The van der Waals surface area contributed by atoms with Gasteiger partial charge < -0.3 is 4.74 Å². The van der Waals surface area contributed by atoms with E-state index < -0.39 is 0 Å². The van der Waals surface area contributed by atoms with Crippen LogP contribution >= 0.6 is 0 Å². The highest BCUT2D eigenvalue weighted by atomic mass is 16.5. The molecule has 1 heterocycles. The molecule has 1 aromatic rings. The number of ether oxygens (including phenoxy) is 1. The fourth-order valence-electron chi connectivity index (χ4n) is 1.51. The maximum Gasteiger partial charge on any atom is 0.115 e. The molecule has 1 heteroatoms. The summed E-state index contributed by atoms with van der Waals surface area (Å²) in [6, 6.07) is 8.42. The first kappa shape index (κ1) is 9.07. The minimum Gasteiger partial charge on any atom is -0.494 e. The fraction of sp³-hybridized carbons (Fsp3) is 0.231. The minimum absolute atomic E-state index is 0.827. The van der Waals surface area contributed by atoms with Gasteiger partial charge >= 0.3 is 0 Å². The topological polar surface area (TPSA) is 9.23 Å². The zero-order chi connectivity index (χ0) is 9.80. The molecule has 0 saturated carbocycles. The molecule has 0 spiro atoms. The summed E-state index contributed by atoms with van der Waals surface area (Å²) in [5, 5.41) is 0. The summed E-state index contributed by atoms with van der Waals surface area (Å²) >= 11 is 0. The number of benzene rings is 1. The maximum absolute atomic E-state index is 5.38. The van der Waals surface area contributed by atoms with Gasteiger partial charge in [-0.05, 0) is 24.6 Å². The third-order valence-corrected chi connectivity index (χ3v) is 2.21. The average Bonchev–Trinajstić information content (AvgIpc) is 2.67. The van der Waals surface area contributed by atoms with Crippen LogP contribution in [0.2, 0.25) is 0 Å². The van der Waals surface area contributed by atoms with Gasteiger partial charge in [0.05, 0.1) is 6.61 Å². The van der Waals surface area contributed by atoms with Crippen molar-refractivity contribution in [1.82, 2.24) is 0 Å². The number of rotatable bonds is 2. The molecule has 1 nitrogen and oxygen atoms in total. The standard InChI is InChI=1S/C13H14O/c1-11-4-2-5-12(10-11)7-8-13-6-3-9-14-13/h2,4-8,10H,3,9H2,1H3. The van der Waals surface area contributed by atoms with Crippen LogP contribution in [-0.4, -0.2) is 6.61 Å². The van der Waals surface area contributed by atoms with Gasteiger partial charge in [0, 0.05) is 6.42 Å². The second-order valence-electron chi connectivity index (χ2n) is 3.49. The first-order chi connectivity index (χ1) is 6.84. The lowest BCUT2D eigenvalue weighted by Gasteiger charge is -1.97. The molecule has 14 heavy (non-hydrogen) atoms. The Morgan fingerprint density at radius 1 is 1.29 bits per heavy atom. The van der Waals surface area contributed by atoms with E-state index in [4.69, 9.17) is 4.74 Å². The first-order valence-electron chi connectivity index (χ1n) is 4.92. The zero-order valence-corrected chi connectivity index (χ0v) is 8.36. The van der Waals surface area contributed by atoms with Gasteiger partial charge in [0.15, 0.2) is 0 Å². The lowest BCUT2D eigenvalue weighted by molar-refractivity contribution is 0.257. The number of aryl methyl sites for hydroxylation is 1. The van der Waals surface area contributed by atoms with Crippen LogP contribution in [-0.2, 0) is 4.74 Å². The molecule has 0 aromatic heterocycles. The summed E-state index contributed by atoms with van der Waals surface area (Å²) in [6.45, 7) is 2.93. The van der Waals surface area contributed by atoms with Crippen molar-refractivity contribution < 1.29 is 4.74 Å². The van der Waals surface area contributed by atoms with E-state index in [9.17, 15) is 0 Å². The summed E-state index contributed by atoms with van der Waals surface area (Å²) in [5.41, 5.74) is 2.51. The van der Waals surface area contributed by atoms with Crippen molar-refractivity contribution >= 4 is 6.08 Å². The first-order valence-corrected chi connectivity index (χ1v) is 4.92. The van der Waals surface area contributed by atoms with Crippen molar-refractivity contribution in [3.8, 4) is 0 Å². The Balaban J connectivity index is 2.09. The molecule has 1 aromatic carbocycles. The van der Waals surface area contributed by atoms with E-state index in [0.717, 1.165) is 18.8 Å². The monoisotopic (exact) mass is 186 g/mol. The van der Waals surface area contributed by atoms with Crippen LogP contribution in [0.25, 0.3) is 6.08 Å². The van der Waals surface area contributed by atoms with E-state index in [2.05, 4.69) is 43.3 Å². The smallest absolute Gasteiger partial charge is 0.115 e. The molecule has 2 rings (SSSR count). The minimum atomic E-state index is 0.827. The van der Waals surface area contributed by atoms with Gasteiger partial charge in [-0.1, -0.05) is 35.9 Å². The summed E-state index contributed by atoms with van der Waals surface area (Å²) in [7, 11) is 0. The van der Waals surface area contributed by atoms with E-state index in [1.807, 2.05) is 6.08 Å². The van der Waals surface area contributed by atoms with Crippen molar-refractivity contribution in [2.75, 3.05) is 6.61 Å². The molecule has 1 aliphatic heterocycles. The fourth-order valence-corrected chi connectivity index (χ4v) is 1.51. The van der Waals surface area contributed by atoms with Crippen molar-refractivity contribution in [3.05, 3.63) is 53.3 Å². The summed E-state index contributed by atoms with van der Waals surface area (Å²) in [5.74, 6) is 0.992. The third-order valence-electron chi connectivity index (χ3n) is 2.21. The Bertz CT molecular complexity index is 375. The third kappa shape index (κ3) is 2.25. The number of allylic oxidation sites excluding steroid dienone is 1. The van der Waals surface area contributed by atoms with Crippen molar-refractivity contribution in [1.29, 1.82) is 0 Å². The van der Waals surface area contributed by atoms with E-state index >= 15 is 0 Å². The van der Waals surface area contributed by atoms with Crippen LogP contribution in [0.1, 0.15) is 17.5 Å². The Morgan fingerprint density at radius 2 is 2.21 bits per heavy atom. The molecule has 0 unspecified atom stereocenters. The maximum atomic E-state index is 5.38. The van der Waals surface area contributed by atoms with Crippen LogP contribution in [0.3, 0.4) is 0 Å². The van der Waals surface area contributed by atoms with Crippen molar-refractivity contribution in [3.63, 3.8) is 0 Å². The Labute approximate surface area is 84.7 Å². The Morgan fingerprint density at radius 3 is 2.93 bits per heavy atom. The lowest BCUT2D eigenvalue weighted by atomic mass is 10.1. The molecule has 0 amide bonds. The highest BCUT2D eigenvalue weighted by Crippen LogP contribution is 2.13. The van der Waals surface area contributed by atoms with Gasteiger partial charge in [-0.15, -0.1) is 0 Å². The Hall–Kier alpha value is -1.50. The molecule has 0 fully saturated rings. The molecule has 0 bridgehead atoms. The molecular formula is C13H14O. The van der Waals surface area contributed by atoms with Crippen LogP contribution in [0.4, 0.5) is 0 Å². The quantitative estimate of drug-likeness (QED) is 0.688. The largest absolute Gasteiger partial charge is 0.494 e. The van der Waals surface area contributed by atoms with E-state index in [1.54, 1.807) is 0 Å². The van der Waals surface area contributed by atoms with Gasteiger partial charge in [-0.25, -0.2) is 0 Å². The average molecular weight is 186 g/mol. The zero-order valence-electron chi connectivity index (χ0n) is 8.36. The summed E-state index contributed by atoms with van der Waals surface area (Å²) < 4.78 is 5.38. The highest BCUT2D eigenvalue weighted by Gasteiger charge is 1.99. The van der Waals surface area contributed by atoms with Gasteiger partial charge in [-0.3, -0.25) is 0 Å².